The summed E-state index contributed by atoms with van der Waals surface area (Å²) in [6.45, 7) is 3.87. The Hall–Kier alpha value is -2.60. The number of benzene rings is 1. The van der Waals surface area contributed by atoms with Gasteiger partial charge in [0.1, 0.15) is 17.2 Å². The summed E-state index contributed by atoms with van der Waals surface area (Å²) >= 11 is 0. The van der Waals surface area contributed by atoms with Crippen molar-refractivity contribution < 1.29 is 9.90 Å². The van der Waals surface area contributed by atoms with Gasteiger partial charge in [-0.3, -0.25) is 4.79 Å². The van der Waals surface area contributed by atoms with E-state index in [2.05, 4.69) is 10.3 Å². The minimum atomic E-state index is -0.967. The van der Waals surface area contributed by atoms with Gasteiger partial charge >= 0.3 is 0 Å². The van der Waals surface area contributed by atoms with Gasteiger partial charge in [0, 0.05) is 18.1 Å². The van der Waals surface area contributed by atoms with Crippen molar-refractivity contribution in [3.63, 3.8) is 0 Å². The average Bonchev–Trinajstić information content (AvgIpc) is 2.90. The van der Waals surface area contributed by atoms with Crippen molar-refractivity contribution in [2.75, 3.05) is 5.32 Å². The van der Waals surface area contributed by atoms with Crippen LogP contribution in [0.1, 0.15) is 30.2 Å². The molecule has 0 atom stereocenters. The van der Waals surface area contributed by atoms with Crippen LogP contribution in [-0.4, -0.2) is 31.2 Å². The Labute approximate surface area is 128 Å². The molecule has 22 heavy (non-hydrogen) atoms. The Morgan fingerprint density at radius 3 is 2.73 bits per heavy atom. The van der Waals surface area contributed by atoms with E-state index in [-0.39, 0.29) is 5.91 Å². The molecular weight excluding hydrogens is 280 g/mol. The number of para-hydroxylation sites is 1. The number of fused-ring (bicyclic) bond motifs is 1. The van der Waals surface area contributed by atoms with Crippen molar-refractivity contribution >= 4 is 17.7 Å². The fraction of sp³-hybridized carbons (Fsp3) is 0.250. The fourth-order valence-electron chi connectivity index (χ4n) is 2.23. The zero-order chi connectivity index (χ0) is 15.7. The van der Waals surface area contributed by atoms with E-state index in [1.807, 2.05) is 34.9 Å². The number of anilines is 1. The highest BCUT2D eigenvalue weighted by atomic mass is 16.3. The maximum absolute atomic E-state index is 12.2. The summed E-state index contributed by atoms with van der Waals surface area (Å²) in [4.78, 5) is 18.3. The largest absolute Gasteiger partial charge is 0.371 e. The Bertz CT molecular complexity index is 713. The molecule has 0 radical (unpaired) electrons. The molecule has 0 unspecified atom stereocenters. The van der Waals surface area contributed by atoms with E-state index in [0.29, 0.717) is 18.2 Å². The summed E-state index contributed by atoms with van der Waals surface area (Å²) in [6.07, 6.45) is 5.25. The van der Waals surface area contributed by atoms with Crippen LogP contribution < -0.4 is 5.32 Å². The van der Waals surface area contributed by atoms with E-state index < -0.39 is 5.72 Å². The predicted molar refractivity (Wildman–Crippen MR) is 83.8 cm³/mol. The smallest absolute Gasteiger partial charge is 0.275 e. The zero-order valence-corrected chi connectivity index (χ0v) is 12.5. The molecule has 2 N–H and O–H groups in total. The molecule has 1 aromatic carbocycles. The molecule has 1 aromatic heterocycles. The molecule has 2 aromatic rings. The summed E-state index contributed by atoms with van der Waals surface area (Å²) in [5.41, 5.74) is 0.110. The molecule has 0 saturated carbocycles. The number of nitrogens with zero attached hydrogens (tertiary/aromatic N) is 3. The first-order chi connectivity index (χ1) is 10.4. The molecule has 1 aliphatic heterocycles. The quantitative estimate of drug-likeness (QED) is 0.910. The summed E-state index contributed by atoms with van der Waals surface area (Å²) < 4.78 is 1.83. The summed E-state index contributed by atoms with van der Waals surface area (Å²) in [5.74, 6) is 0.440. The molecule has 0 spiro atoms. The third-order valence-corrected chi connectivity index (χ3v) is 3.48. The first-order valence-corrected chi connectivity index (χ1v) is 7.04. The number of rotatable bonds is 3. The van der Waals surface area contributed by atoms with Crippen LogP contribution in [0, 0.1) is 0 Å². The maximum Gasteiger partial charge on any atom is 0.275 e. The second-order valence-electron chi connectivity index (χ2n) is 5.70. The lowest BCUT2D eigenvalue weighted by Gasteiger charge is -2.35. The van der Waals surface area contributed by atoms with E-state index >= 15 is 0 Å². The highest BCUT2D eigenvalue weighted by Gasteiger charge is 2.25. The number of amides is 1. The predicted octanol–water partition coefficient (Wildman–Crippen LogP) is 2.11. The molecule has 3 rings (SSSR count). The van der Waals surface area contributed by atoms with Crippen LogP contribution >= 0.6 is 0 Å². The van der Waals surface area contributed by atoms with Crippen molar-refractivity contribution in [2.24, 2.45) is 0 Å². The van der Waals surface area contributed by atoms with Crippen LogP contribution in [0.4, 0.5) is 5.69 Å². The molecule has 1 aliphatic rings. The van der Waals surface area contributed by atoms with Crippen molar-refractivity contribution in [3.8, 4) is 0 Å². The average molecular weight is 298 g/mol. The number of imidazole rings is 1. The topological polar surface area (TPSA) is 70.4 Å². The Kier molecular flexibility index (Phi) is 3.46. The SMILES string of the molecule is CC(C)(O)N1C=Cc2nc(C(=O)Nc3ccccc3)cn2C1. The van der Waals surface area contributed by atoms with E-state index in [1.165, 1.54) is 0 Å². The third kappa shape index (κ3) is 2.87. The summed E-state index contributed by atoms with van der Waals surface area (Å²) in [6, 6.07) is 9.25. The van der Waals surface area contributed by atoms with Crippen LogP contribution in [-0.2, 0) is 6.67 Å². The Morgan fingerprint density at radius 1 is 1.32 bits per heavy atom. The summed E-state index contributed by atoms with van der Waals surface area (Å²) in [5, 5.41) is 12.8. The van der Waals surface area contributed by atoms with Gasteiger partial charge in [-0.25, -0.2) is 4.98 Å². The fourth-order valence-corrected chi connectivity index (χ4v) is 2.23. The van der Waals surface area contributed by atoms with Gasteiger partial charge in [-0.2, -0.15) is 0 Å². The number of hydrogen-bond acceptors (Lipinski definition) is 4. The van der Waals surface area contributed by atoms with Crippen LogP contribution in [0.25, 0.3) is 6.08 Å². The van der Waals surface area contributed by atoms with Gasteiger partial charge in [0.25, 0.3) is 5.91 Å². The van der Waals surface area contributed by atoms with E-state index in [1.54, 1.807) is 37.2 Å². The monoisotopic (exact) mass is 298 g/mol. The van der Waals surface area contributed by atoms with Gasteiger partial charge in [-0.1, -0.05) is 18.2 Å². The van der Waals surface area contributed by atoms with Crippen LogP contribution in [0.5, 0.6) is 0 Å². The van der Waals surface area contributed by atoms with Crippen molar-refractivity contribution in [1.82, 2.24) is 14.5 Å². The molecule has 0 saturated heterocycles. The van der Waals surface area contributed by atoms with Gasteiger partial charge in [0.05, 0.1) is 6.67 Å². The highest BCUT2D eigenvalue weighted by molar-refractivity contribution is 6.02. The van der Waals surface area contributed by atoms with E-state index in [4.69, 9.17) is 0 Å². The molecule has 114 valence electrons. The van der Waals surface area contributed by atoms with E-state index in [0.717, 1.165) is 5.69 Å². The molecule has 6 nitrogen and oxygen atoms in total. The van der Waals surface area contributed by atoms with Gasteiger partial charge in [0.2, 0.25) is 0 Å². The molecule has 6 heteroatoms. The maximum atomic E-state index is 12.2. The number of hydrogen-bond donors (Lipinski definition) is 2. The molecule has 2 heterocycles. The molecule has 0 aliphatic carbocycles. The highest BCUT2D eigenvalue weighted by Crippen LogP contribution is 2.20. The van der Waals surface area contributed by atoms with Gasteiger partial charge in [-0.05, 0) is 32.1 Å². The van der Waals surface area contributed by atoms with Crippen LogP contribution in [0.3, 0.4) is 0 Å². The Balaban J connectivity index is 1.77. The first-order valence-electron chi connectivity index (χ1n) is 7.04. The minimum absolute atomic E-state index is 0.253. The lowest BCUT2D eigenvalue weighted by atomic mass is 10.2. The zero-order valence-electron chi connectivity index (χ0n) is 12.5. The number of carbonyl (C=O) groups excluding carboxylic acids is 1. The number of carbonyl (C=O) groups is 1. The molecule has 1 amide bonds. The molecular formula is C16H18N4O2. The second kappa shape index (κ2) is 5.31. The number of nitrogens with one attached hydrogen (secondary N) is 1. The minimum Gasteiger partial charge on any atom is -0.371 e. The van der Waals surface area contributed by atoms with Crippen molar-refractivity contribution in [1.29, 1.82) is 0 Å². The second-order valence-corrected chi connectivity index (χ2v) is 5.70. The lowest BCUT2D eigenvalue weighted by Crippen LogP contribution is -2.42. The van der Waals surface area contributed by atoms with Crippen LogP contribution in [0.2, 0.25) is 0 Å². The number of aliphatic hydroxyl groups is 1. The normalized spacial score (nSPS) is 13.9. The Morgan fingerprint density at radius 2 is 2.05 bits per heavy atom. The van der Waals surface area contributed by atoms with Crippen molar-refractivity contribution in [3.05, 3.63) is 54.2 Å². The van der Waals surface area contributed by atoms with Crippen molar-refractivity contribution in [2.45, 2.75) is 26.2 Å². The molecule has 0 fully saturated rings. The lowest BCUT2D eigenvalue weighted by molar-refractivity contribution is -0.0658. The van der Waals surface area contributed by atoms with E-state index in [9.17, 15) is 9.90 Å². The van der Waals surface area contributed by atoms with Gasteiger partial charge in [0.15, 0.2) is 0 Å². The third-order valence-electron chi connectivity index (χ3n) is 3.48. The summed E-state index contributed by atoms with van der Waals surface area (Å²) in [7, 11) is 0. The van der Waals surface area contributed by atoms with Gasteiger partial charge < -0.3 is 19.9 Å². The molecule has 0 bridgehead atoms. The van der Waals surface area contributed by atoms with Gasteiger partial charge in [-0.15, -0.1) is 0 Å². The number of aromatic nitrogens is 2. The first kappa shape index (κ1) is 14.3. The standard InChI is InChI=1S/C16H18N4O2/c1-16(2,22)20-9-8-14-18-13(10-19(14)11-20)15(21)17-12-6-4-3-5-7-12/h3-10,22H,11H2,1-2H3,(H,17,21). The van der Waals surface area contributed by atoms with Crippen LogP contribution in [0.15, 0.2) is 42.7 Å².